The van der Waals surface area contributed by atoms with Crippen molar-refractivity contribution in [2.75, 3.05) is 0 Å². The Labute approximate surface area is 107 Å². The molecule has 0 bridgehead atoms. The molecule has 5 heteroatoms. The largest absolute Gasteiger partial charge is 0.304 e. The van der Waals surface area contributed by atoms with Gasteiger partial charge in [-0.1, -0.05) is 19.9 Å². The van der Waals surface area contributed by atoms with E-state index in [0.717, 1.165) is 5.69 Å². The topological polar surface area (TPSA) is 58.6 Å². The molecule has 0 spiro atoms. The molecule has 0 fully saturated rings. The van der Waals surface area contributed by atoms with Gasteiger partial charge in [-0.15, -0.1) is 0 Å². The molecular weight excluding hydrogens is 282 g/mol. The van der Waals surface area contributed by atoms with Crippen molar-refractivity contribution in [3.8, 4) is 11.5 Å². The molecule has 0 radical (unpaired) electrons. The van der Waals surface area contributed by atoms with Crippen LogP contribution in [0.15, 0.2) is 33.7 Å². The van der Waals surface area contributed by atoms with Crippen LogP contribution >= 0.6 is 15.9 Å². The van der Waals surface area contributed by atoms with Crippen molar-refractivity contribution in [1.82, 2.24) is 15.0 Å². The monoisotopic (exact) mass is 293 g/mol. The van der Waals surface area contributed by atoms with Gasteiger partial charge in [0.05, 0.1) is 5.69 Å². The van der Waals surface area contributed by atoms with Crippen LogP contribution in [0.5, 0.6) is 0 Å². The van der Waals surface area contributed by atoms with Crippen LogP contribution in [0.3, 0.4) is 0 Å². The van der Waals surface area contributed by atoms with Crippen LogP contribution in [0.4, 0.5) is 0 Å². The number of aromatic amines is 1. The van der Waals surface area contributed by atoms with Gasteiger partial charge in [-0.05, 0) is 34.0 Å². The van der Waals surface area contributed by atoms with Crippen LogP contribution < -0.4 is 5.56 Å². The van der Waals surface area contributed by atoms with Crippen LogP contribution in [0, 0.1) is 0 Å². The average Bonchev–Trinajstić information content (AvgIpc) is 2.33. The van der Waals surface area contributed by atoms with Crippen molar-refractivity contribution in [2.24, 2.45) is 0 Å². The van der Waals surface area contributed by atoms with E-state index in [0.29, 0.717) is 16.0 Å². The molecule has 0 saturated heterocycles. The third kappa shape index (κ3) is 2.44. The van der Waals surface area contributed by atoms with Crippen molar-refractivity contribution in [3.63, 3.8) is 0 Å². The zero-order valence-electron chi connectivity index (χ0n) is 9.57. The van der Waals surface area contributed by atoms with E-state index in [1.54, 1.807) is 6.20 Å². The van der Waals surface area contributed by atoms with E-state index >= 15 is 0 Å². The first-order valence-electron chi connectivity index (χ1n) is 5.30. The molecular formula is C12H12BrN3O. The highest BCUT2D eigenvalue weighted by molar-refractivity contribution is 9.10. The Morgan fingerprint density at radius 1 is 1.35 bits per heavy atom. The van der Waals surface area contributed by atoms with E-state index in [9.17, 15) is 4.79 Å². The molecule has 88 valence electrons. The molecule has 2 rings (SSSR count). The smallest absolute Gasteiger partial charge is 0.265 e. The number of halogens is 1. The van der Waals surface area contributed by atoms with Gasteiger partial charge in [-0.3, -0.25) is 9.78 Å². The Hall–Kier alpha value is -1.49. The van der Waals surface area contributed by atoms with Gasteiger partial charge in [0.2, 0.25) is 0 Å². The minimum Gasteiger partial charge on any atom is -0.304 e. The number of nitrogens with one attached hydrogen (secondary N) is 1. The van der Waals surface area contributed by atoms with Crippen molar-refractivity contribution in [2.45, 2.75) is 19.8 Å². The SMILES string of the molecule is CC(C)c1nc(-c2ccccn2)[nH]c(=O)c1Br. The Morgan fingerprint density at radius 3 is 2.71 bits per heavy atom. The van der Waals surface area contributed by atoms with E-state index in [-0.39, 0.29) is 11.5 Å². The summed E-state index contributed by atoms with van der Waals surface area (Å²) in [5.74, 6) is 0.677. The standard InChI is InChI=1S/C12H12BrN3O/c1-7(2)10-9(13)12(17)16-11(15-10)8-5-3-4-6-14-8/h3-7H,1-2H3,(H,15,16,17). The Bertz CT molecular complexity index is 578. The first-order valence-corrected chi connectivity index (χ1v) is 6.10. The lowest BCUT2D eigenvalue weighted by atomic mass is 10.1. The van der Waals surface area contributed by atoms with Crippen molar-refractivity contribution in [1.29, 1.82) is 0 Å². The predicted octanol–water partition coefficient (Wildman–Crippen LogP) is 2.72. The second-order valence-corrected chi connectivity index (χ2v) is 4.78. The zero-order valence-corrected chi connectivity index (χ0v) is 11.2. The van der Waals surface area contributed by atoms with Gasteiger partial charge < -0.3 is 4.98 Å². The molecule has 2 aromatic rings. The lowest BCUT2D eigenvalue weighted by molar-refractivity contribution is 0.802. The lowest BCUT2D eigenvalue weighted by Crippen LogP contribution is -2.14. The number of hydrogen-bond acceptors (Lipinski definition) is 3. The summed E-state index contributed by atoms with van der Waals surface area (Å²) in [6, 6.07) is 5.50. The average molecular weight is 294 g/mol. The fourth-order valence-corrected chi connectivity index (χ4v) is 2.13. The summed E-state index contributed by atoms with van der Waals surface area (Å²) >= 11 is 3.26. The van der Waals surface area contributed by atoms with Crippen LogP contribution in [0.25, 0.3) is 11.5 Å². The Kier molecular flexibility index (Phi) is 3.38. The van der Waals surface area contributed by atoms with Crippen molar-refractivity contribution < 1.29 is 0 Å². The Balaban J connectivity index is 2.62. The van der Waals surface area contributed by atoms with Crippen molar-refractivity contribution in [3.05, 3.63) is 44.9 Å². The van der Waals surface area contributed by atoms with Crippen LogP contribution in [0.2, 0.25) is 0 Å². The van der Waals surface area contributed by atoms with Gasteiger partial charge in [-0.25, -0.2) is 4.98 Å². The molecule has 2 aromatic heterocycles. The van der Waals surface area contributed by atoms with Crippen LogP contribution in [0.1, 0.15) is 25.5 Å². The predicted molar refractivity (Wildman–Crippen MR) is 69.9 cm³/mol. The Morgan fingerprint density at radius 2 is 2.12 bits per heavy atom. The fraction of sp³-hybridized carbons (Fsp3) is 0.250. The molecule has 4 nitrogen and oxygen atoms in total. The first kappa shape index (κ1) is 12.0. The molecule has 0 aliphatic carbocycles. The second kappa shape index (κ2) is 4.79. The first-order chi connectivity index (χ1) is 8.09. The van der Waals surface area contributed by atoms with Crippen molar-refractivity contribution >= 4 is 15.9 Å². The van der Waals surface area contributed by atoms with Gasteiger partial charge >= 0.3 is 0 Å². The molecule has 0 unspecified atom stereocenters. The van der Waals surface area contributed by atoms with Gasteiger partial charge in [0.25, 0.3) is 5.56 Å². The normalized spacial score (nSPS) is 10.8. The van der Waals surface area contributed by atoms with Crippen LogP contribution in [-0.4, -0.2) is 15.0 Å². The number of pyridine rings is 1. The summed E-state index contributed by atoms with van der Waals surface area (Å²) in [4.78, 5) is 23.1. The van der Waals surface area contributed by atoms with Gasteiger partial charge in [0, 0.05) is 6.20 Å². The third-order valence-corrected chi connectivity index (χ3v) is 3.11. The summed E-state index contributed by atoms with van der Waals surface area (Å²) < 4.78 is 0.493. The van der Waals surface area contributed by atoms with Gasteiger partial charge in [-0.2, -0.15) is 0 Å². The maximum Gasteiger partial charge on any atom is 0.265 e. The zero-order chi connectivity index (χ0) is 12.4. The van der Waals surface area contributed by atoms with Crippen LogP contribution in [-0.2, 0) is 0 Å². The molecule has 0 aromatic carbocycles. The maximum atomic E-state index is 11.8. The summed E-state index contributed by atoms with van der Waals surface area (Å²) in [5, 5.41) is 0. The molecule has 0 aliphatic heterocycles. The third-order valence-electron chi connectivity index (χ3n) is 2.34. The molecule has 1 N–H and O–H groups in total. The fourth-order valence-electron chi connectivity index (χ4n) is 1.48. The van der Waals surface area contributed by atoms with Gasteiger partial charge in [0.1, 0.15) is 10.2 Å². The maximum absolute atomic E-state index is 11.8. The van der Waals surface area contributed by atoms with E-state index in [1.807, 2.05) is 32.0 Å². The highest BCUT2D eigenvalue weighted by Crippen LogP contribution is 2.21. The highest BCUT2D eigenvalue weighted by Gasteiger charge is 2.13. The number of hydrogen-bond donors (Lipinski definition) is 1. The van der Waals surface area contributed by atoms with E-state index in [1.165, 1.54) is 0 Å². The highest BCUT2D eigenvalue weighted by atomic mass is 79.9. The molecule has 0 aliphatic rings. The summed E-state index contributed by atoms with van der Waals surface area (Å²) in [5.41, 5.74) is 1.23. The minimum atomic E-state index is -0.177. The molecule has 0 atom stereocenters. The molecule has 17 heavy (non-hydrogen) atoms. The van der Waals surface area contributed by atoms with E-state index in [4.69, 9.17) is 0 Å². The number of aromatic nitrogens is 3. The summed E-state index contributed by atoms with van der Waals surface area (Å²) in [7, 11) is 0. The lowest BCUT2D eigenvalue weighted by Gasteiger charge is -2.08. The second-order valence-electron chi connectivity index (χ2n) is 3.98. The van der Waals surface area contributed by atoms with E-state index in [2.05, 4.69) is 30.9 Å². The summed E-state index contributed by atoms with van der Waals surface area (Å²) in [6.07, 6.45) is 1.67. The summed E-state index contributed by atoms with van der Waals surface area (Å²) in [6.45, 7) is 3.99. The molecule has 0 saturated carbocycles. The minimum absolute atomic E-state index is 0.175. The number of rotatable bonds is 2. The number of H-pyrrole nitrogens is 1. The van der Waals surface area contributed by atoms with E-state index < -0.39 is 0 Å². The molecule has 0 amide bonds. The molecule has 2 heterocycles. The van der Waals surface area contributed by atoms with Gasteiger partial charge in [0.15, 0.2) is 5.82 Å². The number of nitrogens with zero attached hydrogens (tertiary/aromatic N) is 2. The quantitative estimate of drug-likeness (QED) is 0.926.